The molecule has 132 valence electrons. The van der Waals surface area contributed by atoms with E-state index >= 15 is 0 Å². The molecule has 0 saturated heterocycles. The number of ketones is 1. The molecule has 5 N–H and O–H groups in total. The van der Waals surface area contributed by atoms with Gasteiger partial charge in [-0.15, -0.1) is 0 Å². The molecule has 3 atom stereocenters. The van der Waals surface area contributed by atoms with Gasteiger partial charge in [-0.25, -0.2) is 0 Å². The Morgan fingerprint density at radius 2 is 1.83 bits per heavy atom. The molecule has 0 fully saturated rings. The molecule has 0 unspecified atom stereocenters. The molecule has 1 rings (SSSR count). The fourth-order valence-corrected chi connectivity index (χ4v) is 2.37. The van der Waals surface area contributed by atoms with Gasteiger partial charge in [-0.05, 0) is 24.3 Å². The van der Waals surface area contributed by atoms with Crippen molar-refractivity contribution in [1.29, 1.82) is 0 Å². The van der Waals surface area contributed by atoms with E-state index in [4.69, 9.17) is 10.8 Å². The number of hydrogen-bond donors (Lipinski definition) is 4. The van der Waals surface area contributed by atoms with Gasteiger partial charge in [0.2, 0.25) is 5.91 Å². The van der Waals surface area contributed by atoms with E-state index in [-0.39, 0.29) is 12.3 Å². The van der Waals surface area contributed by atoms with E-state index in [1.165, 1.54) is 0 Å². The first kappa shape index (κ1) is 19.8. The van der Waals surface area contributed by atoms with E-state index in [1.807, 2.05) is 37.3 Å². The third-order valence-corrected chi connectivity index (χ3v) is 3.82. The van der Waals surface area contributed by atoms with Crippen LogP contribution in [0.5, 0.6) is 0 Å². The highest BCUT2D eigenvalue weighted by Gasteiger charge is 2.23. The van der Waals surface area contributed by atoms with E-state index in [2.05, 4.69) is 5.32 Å². The number of hydrogen-bond acceptors (Lipinski definition) is 5. The summed E-state index contributed by atoms with van der Waals surface area (Å²) >= 11 is 0. The van der Waals surface area contributed by atoms with Crippen molar-refractivity contribution in [2.24, 2.45) is 5.73 Å². The first-order valence-corrected chi connectivity index (χ1v) is 7.85. The predicted molar refractivity (Wildman–Crippen MR) is 88.3 cm³/mol. The number of aliphatic carboxylic acids is 1. The number of carboxylic acid groups (broad SMARTS) is 1. The van der Waals surface area contributed by atoms with Crippen LogP contribution in [0.4, 0.5) is 0 Å². The molecule has 0 heterocycles. The van der Waals surface area contributed by atoms with Gasteiger partial charge in [0.15, 0.2) is 5.78 Å². The number of carboxylic acids is 1. The van der Waals surface area contributed by atoms with Gasteiger partial charge < -0.3 is 21.3 Å². The molecule has 1 amide bonds. The highest BCUT2D eigenvalue weighted by molar-refractivity contribution is 5.92. The molecule has 7 nitrogen and oxygen atoms in total. The second-order valence-corrected chi connectivity index (χ2v) is 5.66. The zero-order valence-electron chi connectivity index (χ0n) is 13.6. The predicted octanol–water partition coefficient (Wildman–Crippen LogP) is 0.419. The lowest BCUT2D eigenvalue weighted by Crippen LogP contribution is -2.44. The molecule has 0 aliphatic heterocycles. The Labute approximate surface area is 140 Å². The third kappa shape index (κ3) is 6.47. The van der Waals surface area contributed by atoms with Crippen molar-refractivity contribution < 1.29 is 24.6 Å². The summed E-state index contributed by atoms with van der Waals surface area (Å²) in [5.41, 5.74) is 6.45. The van der Waals surface area contributed by atoms with Crippen LogP contribution in [-0.2, 0) is 14.4 Å². The van der Waals surface area contributed by atoms with Gasteiger partial charge in [0.1, 0.15) is 6.10 Å². The molecule has 0 radical (unpaired) electrons. The molecular formula is C17H24N2O5. The first-order chi connectivity index (χ1) is 11.3. The van der Waals surface area contributed by atoms with Crippen LogP contribution in [0.2, 0.25) is 0 Å². The third-order valence-electron chi connectivity index (χ3n) is 3.82. The van der Waals surface area contributed by atoms with Crippen LogP contribution in [-0.4, -0.2) is 46.6 Å². The van der Waals surface area contributed by atoms with Crippen LogP contribution in [0.15, 0.2) is 30.3 Å². The van der Waals surface area contributed by atoms with Crippen molar-refractivity contribution >= 4 is 17.7 Å². The van der Waals surface area contributed by atoms with Gasteiger partial charge in [0.05, 0.1) is 19.0 Å². The van der Waals surface area contributed by atoms with Crippen LogP contribution in [0.1, 0.15) is 37.7 Å². The topological polar surface area (TPSA) is 130 Å². The molecule has 1 aromatic carbocycles. The SMILES string of the molecule is CC[C@@H](C[C@H](O)C(=O)NCC(=O)[C@@H](N)CC(=O)O)c1ccccc1. The summed E-state index contributed by atoms with van der Waals surface area (Å²) in [7, 11) is 0. The summed E-state index contributed by atoms with van der Waals surface area (Å²) in [4.78, 5) is 34.0. The lowest BCUT2D eigenvalue weighted by Gasteiger charge is -2.19. The Morgan fingerprint density at radius 3 is 2.38 bits per heavy atom. The smallest absolute Gasteiger partial charge is 0.305 e. The summed E-state index contributed by atoms with van der Waals surface area (Å²) in [6.45, 7) is 1.57. The molecule has 24 heavy (non-hydrogen) atoms. The van der Waals surface area contributed by atoms with Gasteiger partial charge in [-0.1, -0.05) is 37.3 Å². The number of amides is 1. The highest BCUT2D eigenvalue weighted by Crippen LogP contribution is 2.24. The average molecular weight is 336 g/mol. The Balaban J connectivity index is 2.49. The van der Waals surface area contributed by atoms with Crippen molar-refractivity contribution in [3.63, 3.8) is 0 Å². The standard InChI is InChI=1S/C17H24N2O5/c1-2-11(12-6-4-3-5-7-12)8-14(20)17(24)19-10-15(21)13(18)9-16(22)23/h3-7,11,13-14,20H,2,8-10,18H2,1H3,(H,19,24)(H,22,23)/t11-,13-,14-/m0/s1. The number of rotatable bonds is 10. The lowest BCUT2D eigenvalue weighted by atomic mass is 9.90. The molecule has 0 aliphatic rings. The van der Waals surface area contributed by atoms with Gasteiger partial charge in [-0.3, -0.25) is 14.4 Å². The van der Waals surface area contributed by atoms with Crippen LogP contribution >= 0.6 is 0 Å². The number of Topliss-reactive ketones (excluding diaryl/α,β-unsaturated/α-hetero) is 1. The zero-order chi connectivity index (χ0) is 18.1. The highest BCUT2D eigenvalue weighted by atomic mass is 16.4. The Kier molecular flexibility index (Phi) is 8.08. The van der Waals surface area contributed by atoms with Crippen molar-refractivity contribution in [3.8, 4) is 0 Å². The fraction of sp³-hybridized carbons (Fsp3) is 0.471. The summed E-state index contributed by atoms with van der Waals surface area (Å²) in [6, 6.07) is 8.39. The minimum absolute atomic E-state index is 0.0249. The largest absolute Gasteiger partial charge is 0.481 e. The van der Waals surface area contributed by atoms with Crippen molar-refractivity contribution in [2.45, 2.75) is 44.2 Å². The van der Waals surface area contributed by atoms with E-state index in [0.717, 1.165) is 12.0 Å². The number of nitrogens with one attached hydrogen (secondary N) is 1. The van der Waals surface area contributed by atoms with Crippen LogP contribution in [0, 0.1) is 0 Å². The van der Waals surface area contributed by atoms with Gasteiger partial charge in [0, 0.05) is 0 Å². The molecular weight excluding hydrogens is 312 g/mol. The maximum atomic E-state index is 11.9. The molecule has 0 aromatic heterocycles. The number of nitrogens with two attached hydrogens (primary N) is 1. The lowest BCUT2D eigenvalue weighted by molar-refractivity contribution is -0.139. The van der Waals surface area contributed by atoms with E-state index in [1.54, 1.807) is 0 Å². The van der Waals surface area contributed by atoms with Crippen LogP contribution in [0.25, 0.3) is 0 Å². The second-order valence-electron chi connectivity index (χ2n) is 5.66. The minimum Gasteiger partial charge on any atom is -0.481 e. The van der Waals surface area contributed by atoms with Crippen LogP contribution < -0.4 is 11.1 Å². The quantitative estimate of drug-likeness (QED) is 0.490. The average Bonchev–Trinajstić information content (AvgIpc) is 2.56. The van der Waals surface area contributed by atoms with Gasteiger partial charge >= 0.3 is 5.97 Å². The molecule has 7 heteroatoms. The summed E-state index contributed by atoms with van der Waals surface area (Å²) in [5.74, 6) is -2.42. The number of carbonyl (C=O) groups is 3. The number of aliphatic hydroxyl groups is 1. The normalized spacial score (nSPS) is 14.5. The molecule has 1 aromatic rings. The first-order valence-electron chi connectivity index (χ1n) is 7.85. The Hall–Kier alpha value is -2.25. The molecule has 0 spiro atoms. The van der Waals surface area contributed by atoms with E-state index < -0.39 is 42.8 Å². The molecule has 0 saturated carbocycles. The minimum atomic E-state index is -1.25. The number of aliphatic hydroxyl groups excluding tert-OH is 1. The van der Waals surface area contributed by atoms with Gasteiger partial charge in [0.25, 0.3) is 0 Å². The zero-order valence-corrected chi connectivity index (χ0v) is 13.6. The van der Waals surface area contributed by atoms with Crippen LogP contribution in [0.3, 0.4) is 0 Å². The van der Waals surface area contributed by atoms with Crippen molar-refractivity contribution in [3.05, 3.63) is 35.9 Å². The van der Waals surface area contributed by atoms with E-state index in [9.17, 15) is 19.5 Å². The van der Waals surface area contributed by atoms with E-state index in [0.29, 0.717) is 0 Å². The van der Waals surface area contributed by atoms with Crippen molar-refractivity contribution in [2.75, 3.05) is 6.54 Å². The summed E-state index contributed by atoms with van der Waals surface area (Å²) < 4.78 is 0. The maximum absolute atomic E-state index is 11.9. The second kappa shape index (κ2) is 9.79. The Morgan fingerprint density at radius 1 is 1.21 bits per heavy atom. The summed E-state index contributed by atoms with van der Waals surface area (Å²) in [5, 5.41) is 20.9. The maximum Gasteiger partial charge on any atom is 0.305 e. The molecule has 0 bridgehead atoms. The fourth-order valence-electron chi connectivity index (χ4n) is 2.37. The molecule has 0 aliphatic carbocycles. The Bertz CT molecular complexity index is 561. The monoisotopic (exact) mass is 336 g/mol. The van der Waals surface area contributed by atoms with Gasteiger partial charge in [-0.2, -0.15) is 0 Å². The van der Waals surface area contributed by atoms with Crippen molar-refractivity contribution in [1.82, 2.24) is 5.32 Å². The number of carbonyl (C=O) groups excluding carboxylic acids is 2. The summed E-state index contributed by atoms with van der Waals surface area (Å²) in [6.07, 6.45) is -0.750. The number of benzene rings is 1.